The van der Waals surface area contributed by atoms with Crippen LogP contribution in [0.3, 0.4) is 0 Å². The fraction of sp³-hybridized carbons (Fsp3) is 0.552. The molecule has 0 unspecified atom stereocenters. The second kappa shape index (κ2) is 10.1. The van der Waals surface area contributed by atoms with Gasteiger partial charge in [-0.3, -0.25) is 14.4 Å². The molecule has 1 amide bonds. The Kier molecular flexibility index (Phi) is 7.36. The lowest BCUT2D eigenvalue weighted by Gasteiger charge is -2.46. The number of phenols is 1. The smallest absolute Gasteiger partial charge is 0.255 e. The highest BCUT2D eigenvalue weighted by molar-refractivity contribution is 6.22. The molecule has 206 valence electrons. The van der Waals surface area contributed by atoms with Crippen LogP contribution in [0.4, 0.5) is 5.69 Å². The summed E-state index contributed by atoms with van der Waals surface area (Å²) in [5.74, 6) is -5.46. The summed E-state index contributed by atoms with van der Waals surface area (Å²) in [6, 6.07) is 1.93. The molecule has 0 saturated heterocycles. The molecule has 0 spiro atoms. The zero-order valence-corrected chi connectivity index (χ0v) is 22.5. The maximum Gasteiger partial charge on any atom is 0.255 e. The summed E-state index contributed by atoms with van der Waals surface area (Å²) in [5, 5.41) is 44.9. The fourth-order valence-electron chi connectivity index (χ4n) is 6.59. The van der Waals surface area contributed by atoms with E-state index in [9.17, 15) is 34.8 Å². The molecule has 1 aromatic carbocycles. The van der Waals surface area contributed by atoms with Gasteiger partial charge in [-0.25, -0.2) is 0 Å². The topological polar surface area (TPSA) is 161 Å². The molecule has 9 heteroatoms. The molecule has 9 nitrogen and oxygen atoms in total. The van der Waals surface area contributed by atoms with E-state index in [2.05, 4.69) is 13.8 Å². The quantitative estimate of drug-likeness (QED) is 0.323. The van der Waals surface area contributed by atoms with Gasteiger partial charge < -0.3 is 31.1 Å². The van der Waals surface area contributed by atoms with Crippen LogP contribution in [-0.4, -0.2) is 57.6 Å². The molecule has 3 aliphatic carbocycles. The average molecular weight is 527 g/mol. The molecule has 0 heterocycles. The van der Waals surface area contributed by atoms with Gasteiger partial charge in [0.15, 0.2) is 11.4 Å². The van der Waals surface area contributed by atoms with Crippen LogP contribution in [0.2, 0.25) is 0 Å². The molecular formula is C29H38N2O7. The first kappa shape index (κ1) is 27.7. The number of benzene rings is 1. The second-order valence-electron chi connectivity index (χ2n) is 11.1. The van der Waals surface area contributed by atoms with Crippen molar-refractivity contribution in [1.29, 1.82) is 0 Å². The molecular weight excluding hydrogens is 488 g/mol. The van der Waals surface area contributed by atoms with Gasteiger partial charge >= 0.3 is 0 Å². The SMILES string of the molecule is CCC(CC)CCCc1cc(N(C)C)c2c(c1O)C(O)=C1C(=O)[C@]3(O)C(O)=C(C(N)=O)C(=O)C[C@@H]3C[C@@H]1C2. The van der Waals surface area contributed by atoms with Crippen LogP contribution in [0.5, 0.6) is 5.75 Å². The number of phenolic OH excluding ortho intramolecular Hbond substituents is 1. The maximum atomic E-state index is 13.7. The zero-order chi connectivity index (χ0) is 28.1. The van der Waals surface area contributed by atoms with Crippen LogP contribution in [0, 0.1) is 17.8 Å². The summed E-state index contributed by atoms with van der Waals surface area (Å²) in [5.41, 5.74) is 4.10. The molecule has 1 fully saturated rings. The molecule has 3 atom stereocenters. The standard InChI is InChI=1S/C29H38N2O7/c1-5-14(6-2)8-7-9-15-12-19(31(3)4)18-11-16-10-17-13-20(32)23(28(30)37)27(36)29(17,38)26(35)21(16)25(34)22(18)24(15)33/h12,14,16-17,33-34,36,38H,5-11,13H2,1-4H3,(H2,30,37)/t16-,17+,29+/m1/s1. The number of primary amides is 1. The Morgan fingerprint density at radius 1 is 1.16 bits per heavy atom. The van der Waals surface area contributed by atoms with E-state index in [-0.39, 0.29) is 29.7 Å². The first-order valence-electron chi connectivity index (χ1n) is 13.4. The van der Waals surface area contributed by atoms with Crippen molar-refractivity contribution in [3.63, 3.8) is 0 Å². The van der Waals surface area contributed by atoms with Gasteiger partial charge in [-0.05, 0) is 54.7 Å². The third-order valence-corrected chi connectivity index (χ3v) is 8.81. The van der Waals surface area contributed by atoms with Gasteiger partial charge in [-0.2, -0.15) is 0 Å². The number of carbonyl (C=O) groups excluding carboxylic acids is 3. The van der Waals surface area contributed by atoms with Gasteiger partial charge in [0.05, 0.1) is 5.56 Å². The van der Waals surface area contributed by atoms with Gasteiger partial charge in [0.25, 0.3) is 5.91 Å². The molecule has 1 aromatic rings. The lowest BCUT2D eigenvalue weighted by atomic mass is 9.59. The Morgan fingerprint density at radius 2 is 1.82 bits per heavy atom. The number of nitrogens with zero attached hydrogens (tertiary/aromatic N) is 1. The van der Waals surface area contributed by atoms with Crippen molar-refractivity contribution >= 4 is 28.9 Å². The molecule has 0 aliphatic heterocycles. The number of aliphatic hydroxyl groups is 3. The van der Waals surface area contributed by atoms with Crippen LogP contribution in [0.15, 0.2) is 23.0 Å². The number of hydrogen-bond acceptors (Lipinski definition) is 8. The van der Waals surface area contributed by atoms with Gasteiger partial charge in [0.1, 0.15) is 22.8 Å². The number of hydrogen-bond donors (Lipinski definition) is 5. The number of nitrogens with two attached hydrogens (primary N) is 1. The number of anilines is 1. The summed E-state index contributed by atoms with van der Waals surface area (Å²) >= 11 is 0. The minimum atomic E-state index is -2.55. The zero-order valence-electron chi connectivity index (χ0n) is 22.5. The first-order chi connectivity index (χ1) is 17.9. The fourth-order valence-corrected chi connectivity index (χ4v) is 6.59. The average Bonchev–Trinajstić information content (AvgIpc) is 2.84. The number of ketones is 2. The van der Waals surface area contributed by atoms with Gasteiger partial charge in [-0.1, -0.05) is 33.1 Å². The Hall–Kier alpha value is -3.33. The van der Waals surface area contributed by atoms with E-state index < -0.39 is 52.0 Å². The van der Waals surface area contributed by atoms with E-state index in [1.54, 1.807) is 0 Å². The number of amides is 1. The monoisotopic (exact) mass is 526 g/mol. The molecule has 4 rings (SSSR count). The van der Waals surface area contributed by atoms with Crippen molar-refractivity contribution in [3.8, 4) is 5.75 Å². The van der Waals surface area contributed by atoms with Crippen LogP contribution < -0.4 is 10.6 Å². The highest BCUT2D eigenvalue weighted by atomic mass is 16.3. The minimum absolute atomic E-state index is 0.100. The third kappa shape index (κ3) is 4.17. The van der Waals surface area contributed by atoms with Crippen molar-refractivity contribution < 1.29 is 34.8 Å². The van der Waals surface area contributed by atoms with Crippen molar-refractivity contribution in [2.75, 3.05) is 19.0 Å². The predicted molar refractivity (Wildman–Crippen MR) is 143 cm³/mol. The lowest BCUT2D eigenvalue weighted by molar-refractivity contribution is -0.147. The molecule has 3 aliphatic rings. The number of rotatable bonds is 8. The summed E-state index contributed by atoms with van der Waals surface area (Å²) in [6.07, 6.45) is 4.71. The molecule has 1 saturated carbocycles. The number of aromatic hydroxyl groups is 1. The molecule has 0 aromatic heterocycles. The van der Waals surface area contributed by atoms with Crippen molar-refractivity contribution in [3.05, 3.63) is 39.7 Å². The molecule has 0 bridgehead atoms. The number of fused-ring (bicyclic) bond motifs is 3. The lowest BCUT2D eigenvalue weighted by Crippen LogP contribution is -2.58. The van der Waals surface area contributed by atoms with E-state index in [0.29, 0.717) is 29.9 Å². The van der Waals surface area contributed by atoms with E-state index in [1.807, 2.05) is 25.1 Å². The normalized spacial score (nSPS) is 24.9. The summed E-state index contributed by atoms with van der Waals surface area (Å²) in [7, 11) is 3.74. The highest BCUT2D eigenvalue weighted by Crippen LogP contribution is 2.53. The van der Waals surface area contributed by atoms with E-state index in [1.165, 1.54) is 0 Å². The predicted octanol–water partition coefficient (Wildman–Crippen LogP) is 3.25. The van der Waals surface area contributed by atoms with Gasteiger partial charge in [-0.15, -0.1) is 0 Å². The van der Waals surface area contributed by atoms with Crippen molar-refractivity contribution in [2.45, 2.75) is 70.8 Å². The Balaban J connectivity index is 1.83. The van der Waals surface area contributed by atoms with E-state index in [4.69, 9.17) is 5.73 Å². The summed E-state index contributed by atoms with van der Waals surface area (Å²) in [4.78, 5) is 40.0. The molecule has 38 heavy (non-hydrogen) atoms. The van der Waals surface area contributed by atoms with Gasteiger partial charge in [0, 0.05) is 37.7 Å². The third-order valence-electron chi connectivity index (χ3n) is 8.81. The number of carbonyl (C=O) groups is 3. The summed E-state index contributed by atoms with van der Waals surface area (Å²) in [6.45, 7) is 4.33. The first-order valence-corrected chi connectivity index (χ1v) is 13.4. The maximum absolute atomic E-state index is 13.7. The number of aryl methyl sites for hydroxylation is 1. The van der Waals surface area contributed by atoms with Gasteiger partial charge in [0.2, 0.25) is 5.78 Å². The van der Waals surface area contributed by atoms with Crippen LogP contribution in [0.25, 0.3) is 5.76 Å². The molecule has 0 radical (unpaired) electrons. The largest absolute Gasteiger partial charge is 0.508 e. The van der Waals surface area contributed by atoms with Crippen molar-refractivity contribution in [1.82, 2.24) is 0 Å². The van der Waals surface area contributed by atoms with Crippen molar-refractivity contribution in [2.24, 2.45) is 23.5 Å². The molecule has 6 N–H and O–H groups in total. The summed E-state index contributed by atoms with van der Waals surface area (Å²) < 4.78 is 0. The second-order valence-corrected chi connectivity index (χ2v) is 11.1. The van der Waals surface area contributed by atoms with Crippen LogP contribution in [0.1, 0.15) is 69.1 Å². The Bertz CT molecular complexity index is 1260. The number of aliphatic hydroxyl groups excluding tert-OH is 2. The highest BCUT2D eigenvalue weighted by Gasteiger charge is 2.60. The minimum Gasteiger partial charge on any atom is -0.508 e. The van der Waals surface area contributed by atoms with Crippen LogP contribution >= 0.6 is 0 Å². The Labute approximate surface area is 222 Å². The Morgan fingerprint density at radius 3 is 2.39 bits per heavy atom. The van der Waals surface area contributed by atoms with Crippen LogP contribution in [-0.2, 0) is 27.2 Å². The van der Waals surface area contributed by atoms with E-state index >= 15 is 0 Å². The number of Topliss-reactive ketones (excluding diaryl/α,β-unsaturated/α-hetero) is 2. The van der Waals surface area contributed by atoms with E-state index in [0.717, 1.165) is 31.4 Å².